The molecule has 2 fully saturated rings. The van der Waals surface area contributed by atoms with Crippen LogP contribution in [0.15, 0.2) is 35.3 Å². The standard InChI is InChI=1S/C16H16NO.C5H5.Fe/c1-16(2)11-18-15(17-16)14-10-6-9-13(14)12-7-4-3-5-8-12;1-2-4-5-3-1;/h3-10H,11H2,1-2H3;1-5H;/q;;+2. The number of hydrogen-bond acceptors (Lipinski definition) is 2. The molecule has 0 aromatic heterocycles. The van der Waals surface area contributed by atoms with Gasteiger partial charge in [0.1, 0.15) is 6.61 Å². The van der Waals surface area contributed by atoms with E-state index in [0.29, 0.717) is 6.61 Å². The van der Waals surface area contributed by atoms with Crippen LogP contribution in [-0.4, -0.2) is 18.0 Å². The van der Waals surface area contributed by atoms with Gasteiger partial charge in [-0.2, -0.15) is 0 Å². The Morgan fingerprint density at radius 2 is 1.42 bits per heavy atom. The fourth-order valence-electron chi connectivity index (χ4n) is 2.52. The van der Waals surface area contributed by atoms with Gasteiger partial charge in [-0.05, 0) is 70.8 Å². The summed E-state index contributed by atoms with van der Waals surface area (Å²) in [4.78, 5) is 4.64. The number of hydrogen-bond donors (Lipinski definition) is 0. The SMILES string of the molecule is CC1(C)COC([C]2[CH][CH][CH][C]2c2ccccc2)=N1.[CH]1[CH][CH][CH][CH]1.[Fe+2]. The first-order chi connectivity index (χ1) is 11.2. The van der Waals surface area contributed by atoms with Gasteiger partial charge in [0.15, 0.2) is 5.90 Å². The quantitative estimate of drug-likeness (QED) is 0.731. The summed E-state index contributed by atoms with van der Waals surface area (Å²) in [5, 5.41) is 0. The summed E-state index contributed by atoms with van der Waals surface area (Å²) in [6.45, 7) is 4.83. The predicted octanol–water partition coefficient (Wildman–Crippen LogP) is 4.04. The molecule has 0 amide bonds. The fourth-order valence-corrected chi connectivity index (χ4v) is 2.52. The molecule has 1 heterocycles. The van der Waals surface area contributed by atoms with E-state index in [4.69, 9.17) is 4.74 Å². The molecule has 24 heavy (non-hydrogen) atoms. The van der Waals surface area contributed by atoms with Gasteiger partial charge in [-0.25, -0.2) is 4.99 Å². The third-order valence-electron chi connectivity index (χ3n) is 3.65. The van der Waals surface area contributed by atoms with Crippen LogP contribution in [0, 0.1) is 63.2 Å². The zero-order chi connectivity index (χ0) is 16.1. The summed E-state index contributed by atoms with van der Waals surface area (Å²) in [7, 11) is 0. The molecule has 0 bridgehead atoms. The van der Waals surface area contributed by atoms with Gasteiger partial charge in [-0.1, -0.05) is 30.3 Å². The molecule has 0 atom stereocenters. The molecule has 0 unspecified atom stereocenters. The first-order valence-electron chi connectivity index (χ1n) is 7.86. The molecule has 2 saturated carbocycles. The first kappa shape index (κ1) is 19.5. The van der Waals surface area contributed by atoms with E-state index in [9.17, 15) is 0 Å². The summed E-state index contributed by atoms with van der Waals surface area (Å²) in [5.74, 6) is 3.04. The molecule has 1 aromatic rings. The summed E-state index contributed by atoms with van der Waals surface area (Å²) in [6.07, 6.45) is 16.2. The molecule has 3 aliphatic rings. The van der Waals surface area contributed by atoms with E-state index < -0.39 is 0 Å². The van der Waals surface area contributed by atoms with Crippen LogP contribution in [0.1, 0.15) is 19.4 Å². The maximum Gasteiger partial charge on any atom is 2.00 e. The Bertz CT molecular complexity index is 514. The number of aliphatic imine (C=N–C) groups is 1. The molecular weight excluding hydrogens is 338 g/mol. The van der Waals surface area contributed by atoms with E-state index in [1.807, 2.05) is 50.3 Å². The van der Waals surface area contributed by atoms with Crippen molar-refractivity contribution < 1.29 is 21.8 Å². The molecule has 2 nitrogen and oxygen atoms in total. The summed E-state index contributed by atoms with van der Waals surface area (Å²) >= 11 is 0. The second-order valence-corrected chi connectivity index (χ2v) is 6.20. The van der Waals surface area contributed by atoms with Crippen molar-refractivity contribution in [2.45, 2.75) is 19.4 Å². The van der Waals surface area contributed by atoms with E-state index in [1.54, 1.807) is 0 Å². The molecule has 10 radical (unpaired) electrons. The summed E-state index contributed by atoms with van der Waals surface area (Å²) < 4.78 is 5.72. The number of benzene rings is 1. The first-order valence-corrected chi connectivity index (χ1v) is 7.86. The molecule has 3 heteroatoms. The Morgan fingerprint density at radius 3 is 1.96 bits per heavy atom. The third kappa shape index (κ3) is 5.10. The van der Waals surface area contributed by atoms with Crippen LogP contribution >= 0.6 is 0 Å². The van der Waals surface area contributed by atoms with Crippen molar-refractivity contribution in [2.24, 2.45) is 4.99 Å². The normalized spacial score (nSPS) is 23.0. The largest absolute Gasteiger partial charge is 2.00 e. The van der Waals surface area contributed by atoms with Gasteiger partial charge < -0.3 is 4.74 Å². The van der Waals surface area contributed by atoms with Crippen molar-refractivity contribution in [3.8, 4) is 0 Å². The van der Waals surface area contributed by atoms with E-state index in [0.717, 1.165) is 11.8 Å². The number of rotatable bonds is 2. The minimum Gasteiger partial charge on any atom is -0.478 e. The van der Waals surface area contributed by atoms with Gasteiger partial charge in [-0.3, -0.25) is 0 Å². The maximum absolute atomic E-state index is 5.72. The summed E-state index contributed by atoms with van der Waals surface area (Å²) in [5.41, 5.74) is 1.09. The minimum atomic E-state index is -0.111. The van der Waals surface area contributed by atoms with E-state index >= 15 is 0 Å². The van der Waals surface area contributed by atoms with Crippen LogP contribution in [0.5, 0.6) is 0 Å². The Kier molecular flexibility index (Phi) is 7.37. The Hall–Kier alpha value is -0.791. The van der Waals surface area contributed by atoms with Crippen LogP contribution in [0.3, 0.4) is 0 Å². The van der Waals surface area contributed by atoms with Crippen LogP contribution in [0.4, 0.5) is 0 Å². The minimum absolute atomic E-state index is 0. The zero-order valence-corrected chi connectivity index (χ0v) is 15.0. The van der Waals surface area contributed by atoms with Crippen molar-refractivity contribution in [1.82, 2.24) is 0 Å². The second-order valence-electron chi connectivity index (χ2n) is 6.20. The van der Waals surface area contributed by atoms with Crippen LogP contribution in [-0.2, 0) is 21.8 Å². The fraction of sp³-hybridized carbons (Fsp3) is 0.190. The molecule has 1 aliphatic heterocycles. The molecule has 2 aliphatic carbocycles. The molecule has 0 saturated heterocycles. The van der Waals surface area contributed by atoms with Gasteiger partial charge in [0.05, 0.1) is 11.5 Å². The molecule has 122 valence electrons. The van der Waals surface area contributed by atoms with Crippen LogP contribution in [0.25, 0.3) is 0 Å². The number of nitrogens with zero attached hydrogens (tertiary/aromatic N) is 1. The van der Waals surface area contributed by atoms with Gasteiger partial charge in [0.25, 0.3) is 0 Å². The van der Waals surface area contributed by atoms with E-state index in [2.05, 4.69) is 50.2 Å². The van der Waals surface area contributed by atoms with Crippen LogP contribution < -0.4 is 0 Å². The zero-order valence-electron chi connectivity index (χ0n) is 13.9. The van der Waals surface area contributed by atoms with Crippen molar-refractivity contribution in [3.63, 3.8) is 0 Å². The molecule has 0 spiro atoms. The molecule has 1 aromatic carbocycles. The van der Waals surface area contributed by atoms with Gasteiger partial charge in [-0.15, -0.1) is 0 Å². The van der Waals surface area contributed by atoms with Crippen molar-refractivity contribution in [2.75, 3.05) is 6.61 Å². The predicted molar refractivity (Wildman–Crippen MR) is 93.9 cm³/mol. The summed E-state index contributed by atoms with van der Waals surface area (Å²) in [6, 6.07) is 10.3. The third-order valence-corrected chi connectivity index (χ3v) is 3.65. The number of ether oxygens (including phenoxy) is 1. The average molecular weight is 359 g/mol. The van der Waals surface area contributed by atoms with E-state index in [1.165, 1.54) is 11.5 Å². The van der Waals surface area contributed by atoms with Crippen LogP contribution in [0.2, 0.25) is 0 Å². The smallest absolute Gasteiger partial charge is 0.478 e. The molecule has 4 rings (SSSR count). The second kappa shape index (κ2) is 9.06. The van der Waals surface area contributed by atoms with Crippen molar-refractivity contribution in [1.29, 1.82) is 0 Å². The van der Waals surface area contributed by atoms with E-state index in [-0.39, 0.29) is 22.6 Å². The van der Waals surface area contributed by atoms with Gasteiger partial charge in [0.2, 0.25) is 0 Å². The molecular formula is C21H21FeNO+2. The van der Waals surface area contributed by atoms with Gasteiger partial charge in [0, 0.05) is 5.92 Å². The Morgan fingerprint density at radius 1 is 0.833 bits per heavy atom. The van der Waals surface area contributed by atoms with Crippen molar-refractivity contribution >= 4 is 5.90 Å². The average Bonchev–Trinajstić information content (AvgIpc) is 3.30. The molecule has 0 N–H and O–H groups in total. The Labute approximate surface area is 157 Å². The van der Waals surface area contributed by atoms with Gasteiger partial charge >= 0.3 is 17.1 Å². The topological polar surface area (TPSA) is 21.6 Å². The monoisotopic (exact) mass is 359 g/mol. The van der Waals surface area contributed by atoms with Crippen molar-refractivity contribution in [3.05, 3.63) is 99.1 Å². The Balaban J connectivity index is 0.000000300. The maximum atomic E-state index is 5.72.